The maximum Gasteiger partial charge on any atom is 0.510 e. The highest BCUT2D eigenvalue weighted by Crippen LogP contribution is 2.38. The third-order valence-electron chi connectivity index (χ3n) is 4.35. The first-order valence-corrected chi connectivity index (χ1v) is 7.36. The number of allylic oxidation sites excluding steroid dienone is 2. The Labute approximate surface area is 118 Å². The minimum absolute atomic E-state index is 0.278. The molecule has 0 aromatic carbocycles. The van der Waals surface area contributed by atoms with Gasteiger partial charge in [0.25, 0.3) is 6.85 Å². The summed E-state index contributed by atoms with van der Waals surface area (Å²) in [6.07, 6.45) is 7.78. The highest BCUT2D eigenvalue weighted by molar-refractivity contribution is 6.66. The third-order valence-corrected chi connectivity index (χ3v) is 4.35. The van der Waals surface area contributed by atoms with Crippen molar-refractivity contribution in [1.29, 1.82) is 0 Å². The summed E-state index contributed by atoms with van der Waals surface area (Å²) in [5, 5.41) is 3.53. The van der Waals surface area contributed by atoms with Crippen LogP contribution in [0.5, 0.6) is 0 Å². The second-order valence-electron chi connectivity index (χ2n) is 6.49. The first-order chi connectivity index (χ1) is 8.86. The van der Waals surface area contributed by atoms with Crippen molar-refractivity contribution < 1.29 is 9.31 Å². The lowest BCUT2D eigenvalue weighted by Crippen LogP contribution is -2.41. The Morgan fingerprint density at radius 2 is 1.79 bits per heavy atom. The van der Waals surface area contributed by atoms with Gasteiger partial charge in [0.05, 0.1) is 11.2 Å². The molecular formula is C14H25B2NO2. The molecule has 0 radical (unpaired) electrons. The fourth-order valence-electron chi connectivity index (χ4n) is 2.31. The quantitative estimate of drug-likeness (QED) is 0.789. The van der Waals surface area contributed by atoms with Gasteiger partial charge in [-0.2, -0.15) is 0 Å². The smallest absolute Gasteiger partial charge is 0.431 e. The molecule has 0 spiro atoms. The summed E-state index contributed by atoms with van der Waals surface area (Å²) in [4.78, 5) is 0. The van der Waals surface area contributed by atoms with Gasteiger partial charge in [-0.3, -0.25) is 0 Å². The zero-order valence-electron chi connectivity index (χ0n) is 12.8. The molecule has 2 aliphatic heterocycles. The van der Waals surface area contributed by atoms with Crippen LogP contribution in [0.4, 0.5) is 0 Å². The van der Waals surface area contributed by atoms with Crippen LogP contribution in [0.1, 0.15) is 47.5 Å². The van der Waals surface area contributed by atoms with Crippen LogP contribution in [0, 0.1) is 0 Å². The Hall–Kier alpha value is -0.670. The van der Waals surface area contributed by atoms with Crippen molar-refractivity contribution in [1.82, 2.24) is 5.23 Å². The molecule has 3 nitrogen and oxygen atoms in total. The lowest BCUT2D eigenvalue weighted by atomic mass is 9.55. The Morgan fingerprint density at radius 3 is 2.37 bits per heavy atom. The van der Waals surface area contributed by atoms with Crippen molar-refractivity contribution in [2.24, 2.45) is 0 Å². The minimum Gasteiger partial charge on any atom is -0.431 e. The molecule has 1 saturated heterocycles. The number of hydrogen-bond donors (Lipinski definition) is 1. The van der Waals surface area contributed by atoms with E-state index in [4.69, 9.17) is 9.31 Å². The largest absolute Gasteiger partial charge is 0.510 e. The van der Waals surface area contributed by atoms with Crippen LogP contribution in [0.2, 0.25) is 6.32 Å². The van der Waals surface area contributed by atoms with Gasteiger partial charge >= 0.3 is 7.12 Å². The number of unbranched alkanes of at least 4 members (excludes halogenated alkanes) is 1. The van der Waals surface area contributed by atoms with E-state index in [1.807, 2.05) is 0 Å². The molecule has 5 heteroatoms. The molecule has 1 N–H and O–H groups in total. The molecule has 0 bridgehead atoms. The lowest BCUT2D eigenvalue weighted by molar-refractivity contribution is 0.00578. The van der Waals surface area contributed by atoms with Crippen molar-refractivity contribution in [2.75, 3.05) is 0 Å². The van der Waals surface area contributed by atoms with Crippen molar-refractivity contribution in [3.8, 4) is 0 Å². The highest BCUT2D eigenvalue weighted by atomic mass is 16.7. The molecule has 0 amide bonds. The van der Waals surface area contributed by atoms with Gasteiger partial charge in [-0.05, 0) is 40.1 Å². The van der Waals surface area contributed by atoms with Crippen molar-refractivity contribution in [2.45, 2.75) is 65.0 Å². The van der Waals surface area contributed by atoms with E-state index < -0.39 is 0 Å². The van der Waals surface area contributed by atoms with Crippen LogP contribution in [-0.2, 0) is 9.31 Å². The standard InChI is InChI=1S/C14H25B2NO2/c1-6-7-10-15-11-8-9-12(17-15)16-18-13(2,3)14(4,5)19-16/h8-9,11,17H,6-7,10H2,1-5H3. The van der Waals surface area contributed by atoms with Gasteiger partial charge in [-0.15, -0.1) is 0 Å². The van der Waals surface area contributed by atoms with Crippen LogP contribution in [0.15, 0.2) is 23.7 Å². The second kappa shape index (κ2) is 5.37. The monoisotopic (exact) mass is 261 g/mol. The topological polar surface area (TPSA) is 30.5 Å². The Kier molecular flexibility index (Phi) is 4.17. The zero-order valence-corrected chi connectivity index (χ0v) is 12.8. The van der Waals surface area contributed by atoms with E-state index in [-0.39, 0.29) is 18.3 Å². The highest BCUT2D eigenvalue weighted by Gasteiger charge is 2.52. The summed E-state index contributed by atoms with van der Waals surface area (Å²) in [6.45, 7) is 11.0. The molecule has 2 aliphatic rings. The van der Waals surface area contributed by atoms with Gasteiger partial charge in [0, 0.05) is 5.60 Å². The first kappa shape index (κ1) is 14.7. The van der Waals surface area contributed by atoms with Crippen LogP contribution < -0.4 is 5.23 Å². The van der Waals surface area contributed by atoms with Crippen LogP contribution in [0.3, 0.4) is 0 Å². The minimum atomic E-state index is -0.279. The molecule has 0 aromatic rings. The van der Waals surface area contributed by atoms with Gasteiger partial charge in [-0.25, -0.2) is 0 Å². The molecular weight excluding hydrogens is 236 g/mol. The van der Waals surface area contributed by atoms with Crippen LogP contribution in [-0.4, -0.2) is 25.2 Å². The van der Waals surface area contributed by atoms with E-state index >= 15 is 0 Å². The van der Waals surface area contributed by atoms with Crippen molar-refractivity contribution in [3.63, 3.8) is 0 Å². The van der Waals surface area contributed by atoms with E-state index in [0.29, 0.717) is 6.85 Å². The molecule has 104 valence electrons. The van der Waals surface area contributed by atoms with E-state index in [2.05, 4.69) is 58.0 Å². The van der Waals surface area contributed by atoms with E-state index in [1.54, 1.807) is 0 Å². The summed E-state index contributed by atoms with van der Waals surface area (Å²) in [5.74, 6) is 2.21. The molecule has 0 unspecified atom stereocenters. The number of hydrogen-bond acceptors (Lipinski definition) is 3. The normalized spacial score (nSPS) is 24.4. The average Bonchev–Trinajstić information content (AvgIpc) is 2.56. The summed E-state index contributed by atoms with van der Waals surface area (Å²) in [6, 6.07) is 0. The number of nitrogens with one attached hydrogen (secondary N) is 1. The Bertz CT molecular complexity index is 375. The fourth-order valence-corrected chi connectivity index (χ4v) is 2.31. The van der Waals surface area contributed by atoms with E-state index in [9.17, 15) is 0 Å². The summed E-state index contributed by atoms with van der Waals surface area (Å²) in [7, 11) is -0.279. The zero-order chi connectivity index (χ0) is 14.1. The summed E-state index contributed by atoms with van der Waals surface area (Å²) < 4.78 is 12.1. The SMILES string of the molecule is CCCCB1C=CC=C(B2OC(C)(C)C(C)(C)O2)N1. The average molecular weight is 261 g/mol. The van der Waals surface area contributed by atoms with Crippen LogP contribution in [0.25, 0.3) is 0 Å². The van der Waals surface area contributed by atoms with Gasteiger partial charge in [0.1, 0.15) is 0 Å². The van der Waals surface area contributed by atoms with E-state index in [0.717, 1.165) is 11.9 Å². The third kappa shape index (κ3) is 3.09. The van der Waals surface area contributed by atoms with Gasteiger partial charge in [0.2, 0.25) is 0 Å². The predicted octanol–water partition coefficient (Wildman–Crippen LogP) is 2.99. The Morgan fingerprint density at radius 1 is 1.16 bits per heavy atom. The van der Waals surface area contributed by atoms with Gasteiger partial charge in [-0.1, -0.05) is 31.8 Å². The molecule has 0 saturated carbocycles. The molecule has 0 aliphatic carbocycles. The summed E-state index contributed by atoms with van der Waals surface area (Å²) in [5.41, 5.74) is 0.489. The van der Waals surface area contributed by atoms with Crippen molar-refractivity contribution in [3.05, 3.63) is 23.7 Å². The molecule has 2 heterocycles. The molecule has 19 heavy (non-hydrogen) atoms. The second-order valence-corrected chi connectivity index (χ2v) is 6.49. The maximum absolute atomic E-state index is 6.07. The van der Waals surface area contributed by atoms with Crippen LogP contribution >= 0.6 is 0 Å². The summed E-state index contributed by atoms with van der Waals surface area (Å²) >= 11 is 0. The van der Waals surface area contributed by atoms with Gasteiger partial charge in [0.15, 0.2) is 0 Å². The predicted molar refractivity (Wildman–Crippen MR) is 81.9 cm³/mol. The molecule has 2 rings (SSSR count). The number of rotatable bonds is 4. The van der Waals surface area contributed by atoms with E-state index in [1.165, 1.54) is 12.8 Å². The van der Waals surface area contributed by atoms with Gasteiger partial charge < -0.3 is 14.5 Å². The fraction of sp³-hybridized carbons (Fsp3) is 0.714. The first-order valence-electron chi connectivity index (χ1n) is 7.36. The maximum atomic E-state index is 6.07. The molecule has 1 fully saturated rings. The molecule has 0 atom stereocenters. The van der Waals surface area contributed by atoms with Crippen molar-refractivity contribution >= 4 is 14.0 Å². The Balaban J connectivity index is 2.01. The molecule has 0 aromatic heterocycles. The lowest BCUT2D eigenvalue weighted by Gasteiger charge is -2.32.